The molecule has 1 spiro atoms. The van der Waals surface area contributed by atoms with Gasteiger partial charge in [-0.3, -0.25) is 24.6 Å². The Hall–Kier alpha value is -3.10. The topological polar surface area (TPSA) is 87.7 Å². The molecule has 4 aliphatic rings. The molecular weight excluding hydrogens is 425 g/mol. The summed E-state index contributed by atoms with van der Waals surface area (Å²) in [5.41, 5.74) is 0.352. The molecule has 5 atom stereocenters. The van der Waals surface area contributed by atoms with Crippen molar-refractivity contribution in [2.75, 3.05) is 18.5 Å². The van der Waals surface area contributed by atoms with Crippen LogP contribution in [-0.4, -0.2) is 47.9 Å². The van der Waals surface area contributed by atoms with Crippen LogP contribution >= 0.6 is 0 Å². The van der Waals surface area contributed by atoms with E-state index >= 15 is 0 Å². The van der Waals surface area contributed by atoms with Gasteiger partial charge >= 0.3 is 0 Å². The fourth-order valence-electron chi connectivity index (χ4n) is 6.05. The van der Waals surface area contributed by atoms with Gasteiger partial charge in [0.25, 0.3) is 0 Å². The van der Waals surface area contributed by atoms with Crippen LogP contribution in [-0.2, 0) is 31.1 Å². The first-order valence-corrected chi connectivity index (χ1v) is 11.4. The van der Waals surface area contributed by atoms with Crippen molar-refractivity contribution in [1.82, 2.24) is 10.2 Å². The number of hydrogen-bond donors (Lipinski definition) is 2. The van der Waals surface area contributed by atoms with Gasteiger partial charge in [-0.2, -0.15) is 0 Å². The lowest BCUT2D eigenvalue weighted by Gasteiger charge is -2.30. The van der Waals surface area contributed by atoms with Crippen LogP contribution in [0.3, 0.4) is 0 Å². The number of carbonyl (C=O) groups excluding carboxylic acids is 3. The third kappa shape index (κ3) is 2.97. The largest absolute Gasteiger partial charge is 0.376 e. The lowest BCUT2D eigenvalue weighted by atomic mass is 9.76. The van der Waals surface area contributed by atoms with Crippen LogP contribution in [0.1, 0.15) is 24.0 Å². The van der Waals surface area contributed by atoms with Gasteiger partial charge in [-0.25, -0.2) is 4.39 Å². The summed E-state index contributed by atoms with van der Waals surface area (Å²) < 4.78 is 20.0. The molecule has 2 N–H and O–H groups in total. The van der Waals surface area contributed by atoms with E-state index in [1.54, 1.807) is 0 Å². The molecule has 2 aromatic rings. The Balaban J connectivity index is 1.44. The molecule has 0 aliphatic carbocycles. The monoisotopic (exact) mass is 449 g/mol. The summed E-state index contributed by atoms with van der Waals surface area (Å²) in [6.45, 7) is 0.807. The van der Waals surface area contributed by atoms with E-state index in [-0.39, 0.29) is 18.6 Å². The average Bonchev–Trinajstić information content (AvgIpc) is 3.55. The summed E-state index contributed by atoms with van der Waals surface area (Å²) in [7, 11) is 0. The van der Waals surface area contributed by atoms with E-state index < -0.39 is 41.0 Å². The Morgan fingerprint density at radius 2 is 1.91 bits per heavy atom. The number of benzene rings is 2. The number of halogens is 1. The van der Waals surface area contributed by atoms with Crippen molar-refractivity contribution in [3.8, 4) is 0 Å². The molecule has 0 saturated carbocycles. The van der Waals surface area contributed by atoms with Crippen molar-refractivity contribution >= 4 is 23.4 Å². The summed E-state index contributed by atoms with van der Waals surface area (Å²) in [5, 5.41) is 6.15. The lowest BCUT2D eigenvalue weighted by molar-refractivity contribution is -0.144. The maximum Gasteiger partial charge on any atom is 0.250 e. The minimum Gasteiger partial charge on any atom is -0.376 e. The number of nitrogens with one attached hydrogen (secondary N) is 2. The molecule has 33 heavy (non-hydrogen) atoms. The molecule has 0 radical (unpaired) electrons. The molecule has 6 rings (SSSR count). The van der Waals surface area contributed by atoms with E-state index in [9.17, 15) is 18.8 Å². The van der Waals surface area contributed by atoms with Crippen molar-refractivity contribution in [3.63, 3.8) is 0 Å². The van der Waals surface area contributed by atoms with Gasteiger partial charge in [0, 0.05) is 23.9 Å². The van der Waals surface area contributed by atoms with E-state index in [0.29, 0.717) is 24.3 Å². The van der Waals surface area contributed by atoms with E-state index in [1.807, 2.05) is 30.3 Å². The highest BCUT2D eigenvalue weighted by Crippen LogP contribution is 2.53. The van der Waals surface area contributed by atoms with Gasteiger partial charge in [-0.1, -0.05) is 30.3 Å². The summed E-state index contributed by atoms with van der Waals surface area (Å²) in [5.74, 6) is -3.27. The molecule has 2 aromatic carbocycles. The molecule has 3 amide bonds. The maximum atomic E-state index is 14.3. The number of imide groups is 1. The number of rotatable bonds is 4. The fraction of sp³-hybridized carbons (Fsp3) is 0.400. The average molecular weight is 449 g/mol. The zero-order valence-corrected chi connectivity index (χ0v) is 17.9. The predicted molar refractivity (Wildman–Crippen MR) is 116 cm³/mol. The van der Waals surface area contributed by atoms with Gasteiger partial charge in [-0.15, -0.1) is 0 Å². The molecule has 0 aromatic heterocycles. The van der Waals surface area contributed by atoms with Gasteiger partial charge in [0.1, 0.15) is 11.4 Å². The summed E-state index contributed by atoms with van der Waals surface area (Å²) in [6.07, 6.45) is 1.97. The van der Waals surface area contributed by atoms with Crippen molar-refractivity contribution in [3.05, 3.63) is 65.5 Å². The summed E-state index contributed by atoms with van der Waals surface area (Å²) >= 11 is 0. The Bertz CT molecular complexity index is 1150. The highest BCUT2D eigenvalue weighted by atomic mass is 19.1. The number of fused-ring (bicyclic) bond motifs is 4. The van der Waals surface area contributed by atoms with Crippen LogP contribution in [0.5, 0.6) is 0 Å². The molecule has 170 valence electrons. The highest BCUT2D eigenvalue weighted by Gasteiger charge is 2.70. The Labute approximate surface area is 190 Å². The number of carbonyl (C=O) groups is 3. The van der Waals surface area contributed by atoms with E-state index in [4.69, 9.17) is 4.74 Å². The minimum atomic E-state index is -1.49. The molecular formula is C25H24FN3O4. The first-order chi connectivity index (χ1) is 16.0. The Morgan fingerprint density at radius 1 is 1.09 bits per heavy atom. The SMILES string of the molecule is O=C1C2C(Cc3ccccc3)NC3(C(=O)Nc4ccc(F)cc43)C2C(=O)N1CC1CCCO1. The van der Waals surface area contributed by atoms with Crippen molar-refractivity contribution in [1.29, 1.82) is 0 Å². The first-order valence-electron chi connectivity index (χ1n) is 11.4. The van der Waals surface area contributed by atoms with Crippen LogP contribution in [0, 0.1) is 17.7 Å². The third-order valence-electron chi connectivity index (χ3n) is 7.48. The molecule has 8 heteroatoms. The number of hydrogen-bond acceptors (Lipinski definition) is 5. The second-order valence-corrected chi connectivity index (χ2v) is 9.32. The summed E-state index contributed by atoms with van der Waals surface area (Å²) in [6, 6.07) is 13.3. The number of nitrogens with zero attached hydrogens (tertiary/aromatic N) is 1. The number of likely N-dealkylation sites (tertiary alicyclic amines) is 1. The van der Waals surface area contributed by atoms with Crippen molar-refractivity contribution in [2.45, 2.75) is 36.9 Å². The maximum absolute atomic E-state index is 14.3. The standard InChI is InChI=1S/C25H24FN3O4/c26-15-8-9-18-17(12-15)25(24(32)27-18)21-20(19(28-25)11-14-5-2-1-3-6-14)22(30)29(23(21)31)13-16-7-4-10-33-16/h1-3,5-6,8-9,12,16,19-21,28H,4,7,10-11,13H2,(H,27,32). The second-order valence-electron chi connectivity index (χ2n) is 9.32. The van der Waals surface area contributed by atoms with Gasteiger partial charge in [0.15, 0.2) is 0 Å². The highest BCUT2D eigenvalue weighted by molar-refractivity contribution is 6.15. The molecule has 5 unspecified atom stereocenters. The molecule has 3 saturated heterocycles. The van der Waals surface area contributed by atoms with E-state index in [2.05, 4.69) is 10.6 Å². The molecule has 4 heterocycles. The quantitative estimate of drug-likeness (QED) is 0.697. The molecule has 0 bridgehead atoms. The van der Waals surface area contributed by atoms with Gasteiger partial charge in [-0.05, 0) is 43.0 Å². The van der Waals surface area contributed by atoms with Gasteiger partial charge in [0.05, 0.1) is 24.5 Å². The van der Waals surface area contributed by atoms with Crippen LogP contribution < -0.4 is 10.6 Å². The van der Waals surface area contributed by atoms with E-state index in [1.165, 1.54) is 23.1 Å². The molecule has 4 aliphatic heterocycles. The van der Waals surface area contributed by atoms with Crippen molar-refractivity contribution in [2.24, 2.45) is 11.8 Å². The number of amides is 3. The number of anilines is 1. The van der Waals surface area contributed by atoms with Crippen LogP contribution in [0.25, 0.3) is 0 Å². The normalized spacial score (nSPS) is 32.5. The van der Waals surface area contributed by atoms with Gasteiger partial charge in [0.2, 0.25) is 17.7 Å². The Morgan fingerprint density at radius 3 is 2.67 bits per heavy atom. The second kappa shape index (κ2) is 7.46. The van der Waals surface area contributed by atoms with Gasteiger partial charge < -0.3 is 10.1 Å². The minimum absolute atomic E-state index is 0.185. The van der Waals surface area contributed by atoms with Crippen LogP contribution in [0.15, 0.2) is 48.5 Å². The molecule has 7 nitrogen and oxygen atoms in total. The smallest absolute Gasteiger partial charge is 0.250 e. The zero-order valence-electron chi connectivity index (χ0n) is 17.9. The van der Waals surface area contributed by atoms with E-state index in [0.717, 1.165) is 18.4 Å². The van der Waals surface area contributed by atoms with Crippen LogP contribution in [0.4, 0.5) is 10.1 Å². The first kappa shape index (κ1) is 20.5. The fourth-order valence-corrected chi connectivity index (χ4v) is 6.05. The molecule has 3 fully saturated rings. The Kier molecular flexibility index (Phi) is 4.64. The van der Waals surface area contributed by atoms with Crippen LogP contribution in [0.2, 0.25) is 0 Å². The third-order valence-corrected chi connectivity index (χ3v) is 7.48. The zero-order chi connectivity index (χ0) is 22.7. The van der Waals surface area contributed by atoms with Crippen molar-refractivity contribution < 1.29 is 23.5 Å². The lowest BCUT2D eigenvalue weighted by Crippen LogP contribution is -2.54. The predicted octanol–water partition coefficient (Wildman–Crippen LogP) is 1.97. The number of ether oxygens (including phenoxy) is 1. The summed E-state index contributed by atoms with van der Waals surface area (Å²) in [4.78, 5) is 42.0.